The van der Waals surface area contributed by atoms with Crippen molar-refractivity contribution < 1.29 is 9.18 Å². The van der Waals surface area contributed by atoms with Crippen LogP contribution in [-0.2, 0) is 17.9 Å². The van der Waals surface area contributed by atoms with Crippen LogP contribution < -0.4 is 5.32 Å². The maximum atomic E-state index is 13.9. The second kappa shape index (κ2) is 9.58. The van der Waals surface area contributed by atoms with Crippen LogP contribution in [0.4, 0.5) is 4.39 Å². The van der Waals surface area contributed by atoms with E-state index in [1.165, 1.54) is 6.07 Å². The van der Waals surface area contributed by atoms with Gasteiger partial charge in [-0.15, -0.1) is 0 Å². The minimum atomic E-state index is -0.166. The number of nitrogens with one attached hydrogen (secondary N) is 1. The average molecular weight is 370 g/mol. The molecule has 0 bridgehead atoms. The maximum absolute atomic E-state index is 13.9. The lowest BCUT2D eigenvalue weighted by molar-refractivity contribution is -0.123. The number of likely N-dealkylation sites (tertiary alicyclic amines) is 1. The Morgan fingerprint density at radius 2 is 2.19 bits per heavy atom. The van der Waals surface area contributed by atoms with Crippen LogP contribution in [0.15, 0.2) is 48.8 Å². The van der Waals surface area contributed by atoms with Gasteiger partial charge in [0.15, 0.2) is 0 Å². The predicted octanol–water partition coefficient (Wildman–Crippen LogP) is 2.43. The van der Waals surface area contributed by atoms with E-state index >= 15 is 0 Å². The van der Waals surface area contributed by atoms with E-state index in [0.717, 1.165) is 31.5 Å². The first-order chi connectivity index (χ1) is 13.1. The molecule has 1 aromatic heterocycles. The molecule has 5 nitrogen and oxygen atoms in total. The van der Waals surface area contributed by atoms with Crippen LogP contribution in [0, 0.1) is 5.82 Å². The van der Waals surface area contributed by atoms with Crippen LogP contribution in [0.5, 0.6) is 0 Å². The summed E-state index contributed by atoms with van der Waals surface area (Å²) in [6.07, 6.45) is 5.53. The van der Waals surface area contributed by atoms with Gasteiger partial charge in [-0.05, 0) is 44.1 Å². The zero-order chi connectivity index (χ0) is 19.1. The Balaban J connectivity index is 1.45. The molecule has 1 aliphatic rings. The number of pyridine rings is 1. The van der Waals surface area contributed by atoms with Crippen molar-refractivity contribution in [3.05, 3.63) is 65.7 Å². The molecule has 6 heteroatoms. The highest BCUT2D eigenvalue weighted by Crippen LogP contribution is 2.15. The van der Waals surface area contributed by atoms with Gasteiger partial charge in [0, 0.05) is 43.6 Å². The Labute approximate surface area is 160 Å². The summed E-state index contributed by atoms with van der Waals surface area (Å²) in [5.41, 5.74) is 1.79. The first-order valence-corrected chi connectivity index (χ1v) is 9.43. The highest BCUT2D eigenvalue weighted by Gasteiger charge is 2.22. The molecule has 1 saturated heterocycles. The van der Waals surface area contributed by atoms with E-state index in [-0.39, 0.29) is 17.8 Å². The second-order valence-corrected chi connectivity index (χ2v) is 7.27. The molecular weight excluding hydrogens is 343 g/mol. The van der Waals surface area contributed by atoms with Gasteiger partial charge in [-0.25, -0.2) is 4.39 Å². The number of benzene rings is 1. The zero-order valence-electron chi connectivity index (χ0n) is 15.8. The van der Waals surface area contributed by atoms with Gasteiger partial charge < -0.3 is 5.32 Å². The third-order valence-electron chi connectivity index (χ3n) is 4.81. The summed E-state index contributed by atoms with van der Waals surface area (Å²) in [4.78, 5) is 20.7. The van der Waals surface area contributed by atoms with Gasteiger partial charge in [0.1, 0.15) is 5.82 Å². The first-order valence-electron chi connectivity index (χ1n) is 9.43. The monoisotopic (exact) mass is 370 g/mol. The number of likely N-dealkylation sites (N-methyl/N-ethyl adjacent to an activating group) is 1. The quantitative estimate of drug-likeness (QED) is 0.813. The van der Waals surface area contributed by atoms with E-state index in [4.69, 9.17) is 0 Å². The molecule has 1 N–H and O–H groups in total. The molecule has 0 aliphatic carbocycles. The Bertz CT molecular complexity index is 740. The number of piperidine rings is 1. The molecule has 144 valence electrons. The number of carbonyl (C=O) groups excluding carboxylic acids is 1. The summed E-state index contributed by atoms with van der Waals surface area (Å²) in [5.74, 6) is -0.139. The lowest BCUT2D eigenvalue weighted by Crippen LogP contribution is -2.49. The molecule has 0 spiro atoms. The Kier molecular flexibility index (Phi) is 6.90. The number of hydrogen-bond donors (Lipinski definition) is 1. The number of nitrogens with zero attached hydrogens (tertiary/aromatic N) is 3. The predicted molar refractivity (Wildman–Crippen MR) is 103 cm³/mol. The van der Waals surface area contributed by atoms with Crippen molar-refractivity contribution in [1.29, 1.82) is 0 Å². The number of rotatable bonds is 7. The van der Waals surface area contributed by atoms with E-state index in [0.29, 0.717) is 25.2 Å². The van der Waals surface area contributed by atoms with Gasteiger partial charge in [0.05, 0.1) is 6.54 Å². The Morgan fingerprint density at radius 1 is 1.33 bits per heavy atom. The van der Waals surface area contributed by atoms with E-state index in [1.54, 1.807) is 12.3 Å². The van der Waals surface area contributed by atoms with Crippen LogP contribution in [0.2, 0.25) is 0 Å². The third-order valence-corrected chi connectivity index (χ3v) is 4.81. The van der Waals surface area contributed by atoms with E-state index in [9.17, 15) is 9.18 Å². The Hall–Kier alpha value is -2.31. The van der Waals surface area contributed by atoms with Gasteiger partial charge in [0.2, 0.25) is 5.91 Å². The smallest absolute Gasteiger partial charge is 0.234 e. The number of amides is 1. The molecule has 1 aliphatic heterocycles. The van der Waals surface area contributed by atoms with Crippen molar-refractivity contribution in [3.8, 4) is 0 Å². The lowest BCUT2D eigenvalue weighted by Gasteiger charge is -2.33. The second-order valence-electron chi connectivity index (χ2n) is 7.27. The molecular formula is C21H27FN4O. The van der Waals surface area contributed by atoms with Crippen molar-refractivity contribution in [2.75, 3.05) is 26.7 Å². The molecule has 1 aromatic carbocycles. The molecule has 27 heavy (non-hydrogen) atoms. The van der Waals surface area contributed by atoms with Crippen LogP contribution in [-0.4, -0.2) is 53.4 Å². The first kappa shape index (κ1) is 19.5. The van der Waals surface area contributed by atoms with Gasteiger partial charge in [-0.3, -0.25) is 19.6 Å². The largest absolute Gasteiger partial charge is 0.351 e. The zero-order valence-corrected chi connectivity index (χ0v) is 15.8. The van der Waals surface area contributed by atoms with Crippen molar-refractivity contribution in [1.82, 2.24) is 20.1 Å². The molecule has 1 atom stereocenters. The summed E-state index contributed by atoms with van der Waals surface area (Å²) < 4.78 is 13.9. The number of hydrogen-bond acceptors (Lipinski definition) is 4. The summed E-state index contributed by atoms with van der Waals surface area (Å²) in [6, 6.07) is 10.9. The van der Waals surface area contributed by atoms with Crippen LogP contribution in [0.1, 0.15) is 24.0 Å². The fraction of sp³-hybridized carbons (Fsp3) is 0.429. The van der Waals surface area contributed by atoms with Crippen LogP contribution in [0.25, 0.3) is 0 Å². The minimum absolute atomic E-state index is 0.0270. The standard InChI is InChI=1S/C21H27FN4O/c1-25(13-17-6-4-10-23-12-17)16-21(27)24-19-8-5-11-26(15-19)14-18-7-2-3-9-20(18)22/h2-4,6-7,9-10,12,19H,5,8,11,13-16H2,1H3,(H,24,27)/t19-/m1/s1. The fourth-order valence-electron chi connectivity index (χ4n) is 3.56. The van der Waals surface area contributed by atoms with Crippen LogP contribution in [0.3, 0.4) is 0 Å². The highest BCUT2D eigenvalue weighted by molar-refractivity contribution is 5.78. The Morgan fingerprint density at radius 3 is 2.96 bits per heavy atom. The number of aromatic nitrogens is 1. The molecule has 2 heterocycles. The van der Waals surface area contributed by atoms with Crippen molar-refractivity contribution in [3.63, 3.8) is 0 Å². The van der Waals surface area contributed by atoms with E-state index in [1.807, 2.05) is 42.4 Å². The summed E-state index contributed by atoms with van der Waals surface area (Å²) >= 11 is 0. The molecule has 1 amide bonds. The molecule has 0 radical (unpaired) electrons. The van der Waals surface area contributed by atoms with Crippen molar-refractivity contribution in [2.45, 2.75) is 32.0 Å². The van der Waals surface area contributed by atoms with Crippen molar-refractivity contribution >= 4 is 5.91 Å². The van der Waals surface area contributed by atoms with Gasteiger partial charge in [-0.2, -0.15) is 0 Å². The van der Waals surface area contributed by atoms with Crippen LogP contribution >= 0.6 is 0 Å². The molecule has 2 aromatic rings. The average Bonchev–Trinajstić information content (AvgIpc) is 2.64. The highest BCUT2D eigenvalue weighted by atomic mass is 19.1. The van der Waals surface area contributed by atoms with Gasteiger partial charge in [-0.1, -0.05) is 24.3 Å². The third kappa shape index (κ3) is 6.12. The number of carbonyl (C=O) groups is 1. The van der Waals surface area contributed by atoms with Gasteiger partial charge in [0.25, 0.3) is 0 Å². The minimum Gasteiger partial charge on any atom is -0.351 e. The normalized spacial score (nSPS) is 17.8. The molecule has 3 rings (SSSR count). The lowest BCUT2D eigenvalue weighted by atomic mass is 10.0. The summed E-state index contributed by atoms with van der Waals surface area (Å²) in [5, 5.41) is 3.13. The van der Waals surface area contributed by atoms with E-state index in [2.05, 4.69) is 15.2 Å². The van der Waals surface area contributed by atoms with Gasteiger partial charge >= 0.3 is 0 Å². The van der Waals surface area contributed by atoms with E-state index < -0.39 is 0 Å². The molecule has 0 saturated carbocycles. The summed E-state index contributed by atoms with van der Waals surface area (Å²) in [7, 11) is 1.93. The fourth-order valence-corrected chi connectivity index (χ4v) is 3.56. The molecule has 1 fully saturated rings. The number of halogens is 1. The molecule has 0 unspecified atom stereocenters. The SMILES string of the molecule is CN(CC(=O)N[C@@H]1CCCN(Cc2ccccc2F)C1)Cc1cccnc1. The topological polar surface area (TPSA) is 48.5 Å². The summed E-state index contributed by atoms with van der Waals surface area (Å²) in [6.45, 7) is 3.30. The maximum Gasteiger partial charge on any atom is 0.234 e. The van der Waals surface area contributed by atoms with Crippen molar-refractivity contribution in [2.24, 2.45) is 0 Å².